The standard InChI is InChI=1S/C26H27FN6O/c1-17-25-15-34-26-19(21(27)6-7-24(26)33(25)16-29-17)8-9-31-10-12-32(13-11-31)23-5-3-4-22-20(23)14-28-18(2)30-22/h3-7,14,16H,8-13,15H2,1-2H3. The van der Waals surface area contributed by atoms with Gasteiger partial charge in [-0.15, -0.1) is 0 Å². The van der Waals surface area contributed by atoms with Crippen LogP contribution in [0.3, 0.4) is 0 Å². The lowest BCUT2D eigenvalue weighted by atomic mass is 10.1. The highest BCUT2D eigenvalue weighted by Gasteiger charge is 2.25. The Morgan fingerprint density at radius 2 is 1.85 bits per heavy atom. The normalized spacial score (nSPS) is 15.8. The predicted molar refractivity (Wildman–Crippen MR) is 129 cm³/mol. The van der Waals surface area contributed by atoms with Gasteiger partial charge in [-0.1, -0.05) is 6.07 Å². The van der Waals surface area contributed by atoms with Crippen LogP contribution in [0.15, 0.2) is 42.9 Å². The maximum atomic E-state index is 14.8. The summed E-state index contributed by atoms with van der Waals surface area (Å²) in [5.41, 5.74) is 5.65. The van der Waals surface area contributed by atoms with Crippen molar-refractivity contribution in [3.05, 3.63) is 71.4 Å². The Morgan fingerprint density at radius 3 is 2.71 bits per heavy atom. The molecular formula is C26H27FN6O. The van der Waals surface area contributed by atoms with Gasteiger partial charge in [0.1, 0.15) is 24.0 Å². The van der Waals surface area contributed by atoms with Crippen molar-refractivity contribution in [1.29, 1.82) is 0 Å². The minimum atomic E-state index is -0.205. The van der Waals surface area contributed by atoms with E-state index in [9.17, 15) is 4.39 Å². The van der Waals surface area contributed by atoms with Crippen LogP contribution in [0.1, 0.15) is 22.8 Å². The van der Waals surface area contributed by atoms with Crippen LogP contribution in [-0.2, 0) is 13.0 Å². The molecule has 1 fully saturated rings. The molecule has 0 N–H and O–H groups in total. The first-order valence-electron chi connectivity index (χ1n) is 11.8. The lowest BCUT2D eigenvalue weighted by Gasteiger charge is -2.36. The molecule has 1 saturated heterocycles. The van der Waals surface area contributed by atoms with Crippen molar-refractivity contribution >= 4 is 16.6 Å². The monoisotopic (exact) mass is 458 g/mol. The van der Waals surface area contributed by atoms with E-state index in [1.807, 2.05) is 30.7 Å². The summed E-state index contributed by atoms with van der Waals surface area (Å²) in [5.74, 6) is 1.23. The molecule has 174 valence electrons. The predicted octanol–water partition coefficient (Wildman–Crippen LogP) is 3.83. The topological polar surface area (TPSA) is 59.3 Å². The van der Waals surface area contributed by atoms with Gasteiger partial charge in [-0.3, -0.25) is 9.47 Å². The van der Waals surface area contributed by atoms with E-state index < -0.39 is 0 Å². The molecule has 0 bridgehead atoms. The number of anilines is 1. The van der Waals surface area contributed by atoms with Gasteiger partial charge in [0.05, 0.1) is 28.9 Å². The second-order valence-electron chi connectivity index (χ2n) is 9.02. The maximum Gasteiger partial charge on any atom is 0.150 e. The van der Waals surface area contributed by atoms with Crippen molar-refractivity contribution in [1.82, 2.24) is 24.4 Å². The fourth-order valence-corrected chi connectivity index (χ4v) is 5.05. The van der Waals surface area contributed by atoms with Gasteiger partial charge < -0.3 is 9.64 Å². The third-order valence-corrected chi connectivity index (χ3v) is 6.98. The van der Waals surface area contributed by atoms with Crippen LogP contribution in [0.25, 0.3) is 16.6 Å². The first-order chi connectivity index (χ1) is 16.6. The molecule has 0 aliphatic carbocycles. The van der Waals surface area contributed by atoms with Gasteiger partial charge in [0.25, 0.3) is 0 Å². The van der Waals surface area contributed by atoms with Crippen LogP contribution < -0.4 is 9.64 Å². The maximum absolute atomic E-state index is 14.8. The van der Waals surface area contributed by atoms with Gasteiger partial charge in [-0.25, -0.2) is 19.3 Å². The quantitative estimate of drug-likeness (QED) is 0.463. The van der Waals surface area contributed by atoms with E-state index in [0.717, 1.165) is 66.5 Å². The summed E-state index contributed by atoms with van der Waals surface area (Å²) in [6.45, 7) is 8.76. The molecule has 0 atom stereocenters. The first-order valence-corrected chi connectivity index (χ1v) is 11.8. The van der Waals surface area contributed by atoms with Crippen LogP contribution in [-0.4, -0.2) is 57.1 Å². The molecule has 34 heavy (non-hydrogen) atoms. The van der Waals surface area contributed by atoms with Gasteiger partial charge in [0.15, 0.2) is 0 Å². The number of ether oxygens (including phenoxy) is 1. The molecule has 2 aromatic heterocycles. The number of hydrogen-bond donors (Lipinski definition) is 0. The van der Waals surface area contributed by atoms with Gasteiger partial charge >= 0.3 is 0 Å². The highest BCUT2D eigenvalue weighted by Crippen LogP contribution is 2.36. The lowest BCUT2D eigenvalue weighted by Crippen LogP contribution is -2.47. The highest BCUT2D eigenvalue weighted by atomic mass is 19.1. The molecule has 2 aromatic carbocycles. The SMILES string of the molecule is Cc1ncc2c(N3CCN(CCc4c(F)ccc5c4OCc4c(C)ncn4-5)CC3)cccc2n1. The van der Waals surface area contributed by atoms with Crippen molar-refractivity contribution in [3.63, 3.8) is 0 Å². The molecule has 2 aliphatic heterocycles. The van der Waals surface area contributed by atoms with E-state index in [-0.39, 0.29) is 5.82 Å². The zero-order chi connectivity index (χ0) is 23.2. The second-order valence-corrected chi connectivity index (χ2v) is 9.02. The summed E-state index contributed by atoms with van der Waals surface area (Å²) >= 11 is 0. The Bertz CT molecular complexity index is 1380. The van der Waals surface area contributed by atoms with Crippen LogP contribution in [0.4, 0.5) is 10.1 Å². The van der Waals surface area contributed by atoms with Crippen LogP contribution >= 0.6 is 0 Å². The number of imidazole rings is 1. The molecule has 4 heterocycles. The third kappa shape index (κ3) is 3.58. The number of benzene rings is 2. The minimum absolute atomic E-state index is 0.205. The van der Waals surface area contributed by atoms with Crippen molar-refractivity contribution in [2.45, 2.75) is 26.9 Å². The van der Waals surface area contributed by atoms with E-state index in [1.165, 1.54) is 5.69 Å². The van der Waals surface area contributed by atoms with Gasteiger partial charge in [-0.05, 0) is 44.5 Å². The Kier molecular flexibility index (Phi) is 5.17. The number of nitrogens with zero attached hydrogens (tertiary/aromatic N) is 6. The van der Waals surface area contributed by atoms with E-state index in [1.54, 1.807) is 18.5 Å². The fourth-order valence-electron chi connectivity index (χ4n) is 5.05. The number of aryl methyl sites for hydroxylation is 2. The number of rotatable bonds is 4. The molecule has 0 amide bonds. The van der Waals surface area contributed by atoms with E-state index >= 15 is 0 Å². The van der Waals surface area contributed by atoms with Crippen LogP contribution in [0.5, 0.6) is 5.75 Å². The number of aromatic nitrogens is 4. The molecule has 7 nitrogen and oxygen atoms in total. The van der Waals surface area contributed by atoms with E-state index in [4.69, 9.17) is 4.74 Å². The molecule has 4 aromatic rings. The number of hydrogen-bond acceptors (Lipinski definition) is 6. The van der Waals surface area contributed by atoms with Crippen molar-refractivity contribution in [2.75, 3.05) is 37.6 Å². The Labute approximate surface area is 197 Å². The van der Waals surface area contributed by atoms with Crippen molar-refractivity contribution in [2.24, 2.45) is 0 Å². The highest BCUT2D eigenvalue weighted by molar-refractivity contribution is 5.91. The summed E-state index contributed by atoms with van der Waals surface area (Å²) in [5, 5.41) is 1.09. The zero-order valence-electron chi connectivity index (χ0n) is 19.5. The molecule has 6 rings (SSSR count). The zero-order valence-corrected chi connectivity index (χ0v) is 19.5. The number of piperazine rings is 1. The summed E-state index contributed by atoms with van der Waals surface area (Å²) in [7, 11) is 0. The molecule has 8 heteroatoms. The molecular weight excluding hydrogens is 431 g/mol. The Balaban J connectivity index is 1.15. The van der Waals surface area contributed by atoms with Gasteiger partial charge in [0.2, 0.25) is 0 Å². The molecule has 0 unspecified atom stereocenters. The Hall–Kier alpha value is -3.52. The van der Waals surface area contributed by atoms with Gasteiger partial charge in [0, 0.05) is 55.6 Å². The van der Waals surface area contributed by atoms with Crippen LogP contribution in [0, 0.1) is 19.7 Å². The van der Waals surface area contributed by atoms with Crippen LogP contribution in [0.2, 0.25) is 0 Å². The molecule has 0 spiro atoms. The summed E-state index contributed by atoms with van der Waals surface area (Å²) in [6, 6.07) is 9.57. The minimum Gasteiger partial charge on any atom is -0.485 e. The molecule has 0 radical (unpaired) electrons. The van der Waals surface area contributed by atoms with E-state index in [2.05, 4.69) is 36.9 Å². The molecule has 2 aliphatic rings. The van der Waals surface area contributed by atoms with E-state index in [0.29, 0.717) is 24.3 Å². The first kappa shape index (κ1) is 21.0. The Morgan fingerprint density at radius 1 is 1.00 bits per heavy atom. The number of halogens is 1. The average molecular weight is 459 g/mol. The van der Waals surface area contributed by atoms with Gasteiger partial charge in [-0.2, -0.15) is 0 Å². The number of fused-ring (bicyclic) bond motifs is 4. The third-order valence-electron chi connectivity index (χ3n) is 6.98. The lowest BCUT2D eigenvalue weighted by molar-refractivity contribution is 0.253. The summed E-state index contributed by atoms with van der Waals surface area (Å²) in [4.78, 5) is 18.2. The second kappa shape index (κ2) is 8.36. The largest absolute Gasteiger partial charge is 0.485 e. The summed E-state index contributed by atoms with van der Waals surface area (Å²) < 4.78 is 22.9. The van der Waals surface area contributed by atoms with Crippen molar-refractivity contribution < 1.29 is 9.13 Å². The fraction of sp³-hybridized carbons (Fsp3) is 0.346. The molecule has 0 saturated carbocycles. The smallest absolute Gasteiger partial charge is 0.150 e. The van der Waals surface area contributed by atoms with Crippen molar-refractivity contribution in [3.8, 4) is 11.4 Å². The summed E-state index contributed by atoms with van der Waals surface area (Å²) in [6.07, 6.45) is 4.33. The average Bonchev–Trinajstić information content (AvgIpc) is 3.24.